The van der Waals surface area contributed by atoms with Crippen molar-refractivity contribution < 1.29 is 13.2 Å². The van der Waals surface area contributed by atoms with E-state index < -0.39 is 21.5 Å². The second-order valence-corrected chi connectivity index (χ2v) is 6.22. The van der Waals surface area contributed by atoms with E-state index >= 15 is 0 Å². The van der Waals surface area contributed by atoms with Crippen LogP contribution in [0.1, 0.15) is 26.5 Å². The lowest BCUT2D eigenvalue weighted by Gasteiger charge is -2.20. The Morgan fingerprint density at radius 1 is 1.41 bits per heavy atom. The van der Waals surface area contributed by atoms with Crippen molar-refractivity contribution in [2.75, 3.05) is 0 Å². The highest BCUT2D eigenvalue weighted by atomic mass is 32.2. The van der Waals surface area contributed by atoms with Crippen LogP contribution < -0.4 is 10.5 Å². The number of carbonyl (C=O) groups excluding carboxylic acids is 1. The second-order valence-electron chi connectivity index (χ2n) is 4.57. The van der Waals surface area contributed by atoms with Crippen LogP contribution in [0.2, 0.25) is 0 Å². The molecule has 94 valence electrons. The third-order valence-corrected chi connectivity index (χ3v) is 3.38. The molecule has 0 saturated heterocycles. The molecule has 0 saturated carbocycles. The molecule has 17 heavy (non-hydrogen) atoms. The lowest BCUT2D eigenvalue weighted by atomic mass is 9.92. The van der Waals surface area contributed by atoms with E-state index in [-0.39, 0.29) is 4.90 Å². The zero-order valence-electron chi connectivity index (χ0n) is 9.89. The Labute approximate surface area is 100 Å². The number of nitrogens with two attached hydrogens (primary N) is 1. The van der Waals surface area contributed by atoms with Gasteiger partial charge in [-0.05, 0) is 12.1 Å². The lowest BCUT2D eigenvalue weighted by molar-refractivity contribution is 0.253. The molecule has 0 aliphatic heterocycles. The number of urea groups is 1. The maximum Gasteiger partial charge on any atom is 0.326 e. The van der Waals surface area contributed by atoms with Gasteiger partial charge in [0.1, 0.15) is 4.90 Å². The Morgan fingerprint density at radius 3 is 2.47 bits per heavy atom. The molecule has 1 aromatic rings. The fourth-order valence-electron chi connectivity index (χ4n) is 1.36. The molecular formula is C10H15N3O3S. The number of sulfonamides is 1. The van der Waals surface area contributed by atoms with Crippen molar-refractivity contribution in [2.45, 2.75) is 31.1 Å². The summed E-state index contributed by atoms with van der Waals surface area (Å²) in [5.41, 5.74) is 4.75. The molecule has 0 aliphatic carbocycles. The standard InChI is InChI=1S/C10H15N3O3S/c1-10(2,3)8-7(5-4-6-12-8)17(15,16)13-9(11)14/h4-6H,1-3H3,(H3,11,13,14). The zero-order valence-corrected chi connectivity index (χ0v) is 10.7. The first-order chi connectivity index (χ1) is 7.64. The molecule has 1 rings (SSSR count). The predicted molar refractivity (Wildman–Crippen MR) is 62.8 cm³/mol. The van der Waals surface area contributed by atoms with Gasteiger partial charge in [-0.15, -0.1) is 0 Å². The molecule has 7 heteroatoms. The number of rotatable bonds is 2. The Morgan fingerprint density at radius 2 is 2.00 bits per heavy atom. The van der Waals surface area contributed by atoms with E-state index in [1.807, 2.05) is 20.8 Å². The number of hydrogen-bond donors (Lipinski definition) is 2. The van der Waals surface area contributed by atoms with Crippen molar-refractivity contribution in [2.24, 2.45) is 5.73 Å². The molecular weight excluding hydrogens is 242 g/mol. The van der Waals surface area contributed by atoms with E-state index in [2.05, 4.69) is 4.98 Å². The molecule has 0 aromatic carbocycles. The molecule has 0 spiro atoms. The lowest BCUT2D eigenvalue weighted by Crippen LogP contribution is -2.36. The van der Waals surface area contributed by atoms with Gasteiger partial charge in [-0.25, -0.2) is 17.9 Å². The summed E-state index contributed by atoms with van der Waals surface area (Å²) in [6.07, 6.45) is 1.50. The highest BCUT2D eigenvalue weighted by molar-refractivity contribution is 7.90. The zero-order chi connectivity index (χ0) is 13.3. The number of amides is 2. The van der Waals surface area contributed by atoms with Crippen molar-refractivity contribution in [1.29, 1.82) is 0 Å². The fourth-order valence-corrected chi connectivity index (χ4v) is 2.60. The molecule has 2 amide bonds. The van der Waals surface area contributed by atoms with Crippen LogP contribution in [0.25, 0.3) is 0 Å². The van der Waals surface area contributed by atoms with Crippen molar-refractivity contribution in [3.05, 3.63) is 24.0 Å². The molecule has 0 bridgehead atoms. The molecule has 0 atom stereocenters. The number of nitrogens with one attached hydrogen (secondary N) is 1. The predicted octanol–water partition coefficient (Wildman–Crippen LogP) is 0.736. The minimum Gasteiger partial charge on any atom is -0.351 e. The van der Waals surface area contributed by atoms with E-state index in [9.17, 15) is 13.2 Å². The summed E-state index contributed by atoms with van der Waals surface area (Å²) in [7, 11) is -3.96. The molecule has 0 fully saturated rings. The number of hydrogen-bond acceptors (Lipinski definition) is 4. The van der Waals surface area contributed by atoms with Gasteiger partial charge in [0.15, 0.2) is 0 Å². The van der Waals surface area contributed by atoms with Crippen molar-refractivity contribution >= 4 is 16.1 Å². The van der Waals surface area contributed by atoms with Crippen LogP contribution in [0.3, 0.4) is 0 Å². The summed E-state index contributed by atoms with van der Waals surface area (Å²) < 4.78 is 25.4. The van der Waals surface area contributed by atoms with Gasteiger partial charge in [0.05, 0.1) is 5.69 Å². The van der Waals surface area contributed by atoms with Gasteiger partial charge in [0.2, 0.25) is 0 Å². The highest BCUT2D eigenvalue weighted by Gasteiger charge is 2.27. The minimum atomic E-state index is -3.96. The fraction of sp³-hybridized carbons (Fsp3) is 0.400. The average molecular weight is 257 g/mol. The first-order valence-corrected chi connectivity index (χ1v) is 6.40. The van der Waals surface area contributed by atoms with Gasteiger partial charge < -0.3 is 5.73 Å². The normalized spacial score (nSPS) is 12.2. The molecule has 3 N–H and O–H groups in total. The van der Waals surface area contributed by atoms with E-state index in [4.69, 9.17) is 5.73 Å². The van der Waals surface area contributed by atoms with Crippen LogP contribution in [-0.2, 0) is 15.4 Å². The van der Waals surface area contributed by atoms with Gasteiger partial charge in [-0.1, -0.05) is 20.8 Å². The SMILES string of the molecule is CC(C)(C)c1ncccc1S(=O)(=O)NC(N)=O. The van der Waals surface area contributed by atoms with Crippen LogP contribution in [0, 0.1) is 0 Å². The van der Waals surface area contributed by atoms with Crippen molar-refractivity contribution in [1.82, 2.24) is 9.71 Å². The van der Waals surface area contributed by atoms with Gasteiger partial charge in [0, 0.05) is 11.6 Å². The first-order valence-electron chi connectivity index (χ1n) is 4.92. The smallest absolute Gasteiger partial charge is 0.326 e. The third-order valence-electron chi connectivity index (χ3n) is 2.01. The first kappa shape index (κ1) is 13.4. The van der Waals surface area contributed by atoms with E-state index in [0.717, 1.165) is 0 Å². The minimum absolute atomic E-state index is 0.0358. The molecule has 0 radical (unpaired) electrons. The van der Waals surface area contributed by atoms with E-state index in [0.29, 0.717) is 5.69 Å². The maximum absolute atomic E-state index is 11.9. The Kier molecular flexibility index (Phi) is 3.42. The Bertz CT molecular complexity index is 532. The average Bonchev–Trinajstić information content (AvgIpc) is 2.14. The Balaban J connectivity index is 3.38. The summed E-state index contributed by atoms with van der Waals surface area (Å²) in [6.45, 7) is 5.50. The number of carbonyl (C=O) groups is 1. The second kappa shape index (κ2) is 4.33. The number of aromatic nitrogens is 1. The maximum atomic E-state index is 11.9. The van der Waals surface area contributed by atoms with Crippen molar-refractivity contribution in [3.63, 3.8) is 0 Å². The van der Waals surface area contributed by atoms with Gasteiger partial charge in [-0.3, -0.25) is 4.98 Å². The highest BCUT2D eigenvalue weighted by Crippen LogP contribution is 2.26. The van der Waals surface area contributed by atoms with E-state index in [1.165, 1.54) is 18.3 Å². The number of pyridine rings is 1. The molecule has 1 heterocycles. The third kappa shape index (κ3) is 3.16. The van der Waals surface area contributed by atoms with Crippen LogP contribution in [0.5, 0.6) is 0 Å². The van der Waals surface area contributed by atoms with Crippen LogP contribution in [-0.4, -0.2) is 19.4 Å². The largest absolute Gasteiger partial charge is 0.351 e. The Hall–Kier alpha value is -1.63. The molecule has 6 nitrogen and oxygen atoms in total. The molecule has 0 unspecified atom stereocenters. The molecule has 1 aromatic heterocycles. The number of primary amides is 1. The summed E-state index contributed by atoms with van der Waals surface area (Å²) in [6, 6.07) is 1.76. The topological polar surface area (TPSA) is 102 Å². The van der Waals surface area contributed by atoms with Gasteiger partial charge >= 0.3 is 6.03 Å². The molecule has 0 aliphatic rings. The summed E-state index contributed by atoms with van der Waals surface area (Å²) in [4.78, 5) is 14.7. The van der Waals surface area contributed by atoms with Gasteiger partial charge in [-0.2, -0.15) is 0 Å². The summed E-state index contributed by atoms with van der Waals surface area (Å²) in [5.74, 6) is 0. The monoisotopic (exact) mass is 257 g/mol. The van der Waals surface area contributed by atoms with Crippen molar-refractivity contribution in [3.8, 4) is 0 Å². The van der Waals surface area contributed by atoms with Crippen LogP contribution in [0.15, 0.2) is 23.2 Å². The quantitative estimate of drug-likeness (QED) is 0.815. The van der Waals surface area contributed by atoms with Crippen LogP contribution in [0.4, 0.5) is 4.79 Å². The summed E-state index contributed by atoms with van der Waals surface area (Å²) in [5, 5.41) is 0. The van der Waals surface area contributed by atoms with Crippen LogP contribution >= 0.6 is 0 Å². The number of nitrogens with zero attached hydrogens (tertiary/aromatic N) is 1. The van der Waals surface area contributed by atoms with E-state index in [1.54, 1.807) is 4.72 Å². The van der Waals surface area contributed by atoms with Gasteiger partial charge in [0.25, 0.3) is 10.0 Å². The summed E-state index contributed by atoms with van der Waals surface area (Å²) >= 11 is 0.